The number of halogens is 3. The maximum atomic E-state index is 14.0. The van der Waals surface area contributed by atoms with Crippen LogP contribution >= 0.6 is 27.5 Å². The molecule has 0 saturated heterocycles. The molecular formula is C14H7BrClFN2O2. The van der Waals surface area contributed by atoms with E-state index in [9.17, 15) is 14.0 Å². The van der Waals surface area contributed by atoms with E-state index in [0.29, 0.717) is 5.56 Å². The maximum Gasteiger partial charge on any atom is 0.299 e. The van der Waals surface area contributed by atoms with Crippen LogP contribution in [-0.2, 0) is 11.3 Å². The fourth-order valence-corrected chi connectivity index (χ4v) is 2.88. The van der Waals surface area contributed by atoms with Gasteiger partial charge in [0, 0.05) is 16.9 Å². The van der Waals surface area contributed by atoms with Crippen LogP contribution in [0, 0.1) is 5.82 Å². The zero-order valence-electron chi connectivity index (χ0n) is 10.4. The first kappa shape index (κ1) is 14.2. The van der Waals surface area contributed by atoms with Gasteiger partial charge in [-0.3, -0.25) is 19.5 Å². The first-order chi connectivity index (χ1) is 9.99. The summed E-state index contributed by atoms with van der Waals surface area (Å²) in [5.41, 5.74) is 0.514. The first-order valence-electron chi connectivity index (χ1n) is 5.92. The number of anilines is 1. The van der Waals surface area contributed by atoms with Gasteiger partial charge in [0.25, 0.3) is 11.7 Å². The van der Waals surface area contributed by atoms with Crippen molar-refractivity contribution >= 4 is 44.9 Å². The predicted octanol–water partition coefficient (Wildman–Crippen LogP) is 3.37. The third kappa shape index (κ3) is 2.34. The number of benzene rings is 1. The van der Waals surface area contributed by atoms with Gasteiger partial charge in [0.05, 0.1) is 22.8 Å². The molecule has 1 amide bonds. The molecule has 0 atom stereocenters. The molecule has 0 bridgehead atoms. The van der Waals surface area contributed by atoms with Crippen molar-refractivity contribution in [1.82, 2.24) is 4.98 Å². The number of carbonyl (C=O) groups is 2. The SMILES string of the molecule is O=C1C(=O)N(Cc2cncc(Br)c2)c2c(F)ccc(Cl)c21. The molecule has 1 aromatic carbocycles. The second-order valence-electron chi connectivity index (χ2n) is 4.48. The van der Waals surface area contributed by atoms with E-state index in [1.165, 1.54) is 6.07 Å². The Kier molecular flexibility index (Phi) is 3.51. The molecule has 1 aliphatic heterocycles. The first-order valence-corrected chi connectivity index (χ1v) is 7.09. The van der Waals surface area contributed by atoms with Crippen LogP contribution in [-0.4, -0.2) is 16.7 Å². The minimum atomic E-state index is -0.794. The van der Waals surface area contributed by atoms with Crippen LogP contribution in [0.25, 0.3) is 0 Å². The minimum Gasteiger partial charge on any atom is -0.297 e. The van der Waals surface area contributed by atoms with Gasteiger partial charge in [-0.2, -0.15) is 0 Å². The van der Waals surface area contributed by atoms with Crippen molar-refractivity contribution in [3.8, 4) is 0 Å². The molecule has 0 radical (unpaired) electrons. The molecule has 0 spiro atoms. The number of rotatable bonds is 2. The van der Waals surface area contributed by atoms with E-state index in [0.717, 1.165) is 15.4 Å². The van der Waals surface area contributed by atoms with Crippen molar-refractivity contribution < 1.29 is 14.0 Å². The summed E-state index contributed by atoms with van der Waals surface area (Å²) < 4.78 is 14.7. The predicted molar refractivity (Wildman–Crippen MR) is 78.9 cm³/mol. The Labute approximate surface area is 132 Å². The molecule has 0 N–H and O–H groups in total. The Hall–Kier alpha value is -1.79. The largest absolute Gasteiger partial charge is 0.299 e. The van der Waals surface area contributed by atoms with Gasteiger partial charge in [-0.1, -0.05) is 11.6 Å². The smallest absolute Gasteiger partial charge is 0.297 e. The monoisotopic (exact) mass is 368 g/mol. The second kappa shape index (κ2) is 5.20. The van der Waals surface area contributed by atoms with Gasteiger partial charge in [0.2, 0.25) is 0 Å². The Morgan fingerprint density at radius 2 is 2.05 bits per heavy atom. The van der Waals surface area contributed by atoms with Crippen molar-refractivity contribution in [2.24, 2.45) is 0 Å². The number of hydrogen-bond donors (Lipinski definition) is 0. The van der Waals surface area contributed by atoms with Crippen molar-refractivity contribution in [3.05, 3.63) is 57.0 Å². The Morgan fingerprint density at radius 1 is 1.29 bits per heavy atom. The summed E-state index contributed by atoms with van der Waals surface area (Å²) in [6.45, 7) is 0.0429. The molecule has 3 rings (SSSR count). The van der Waals surface area contributed by atoms with E-state index < -0.39 is 17.5 Å². The second-order valence-corrected chi connectivity index (χ2v) is 5.81. The number of pyridine rings is 1. The molecule has 0 aliphatic carbocycles. The van der Waals surface area contributed by atoms with Crippen molar-refractivity contribution in [3.63, 3.8) is 0 Å². The van der Waals surface area contributed by atoms with E-state index in [2.05, 4.69) is 20.9 Å². The topological polar surface area (TPSA) is 50.3 Å². The van der Waals surface area contributed by atoms with E-state index in [4.69, 9.17) is 11.6 Å². The molecule has 7 heteroatoms. The van der Waals surface area contributed by atoms with E-state index in [1.807, 2.05) is 0 Å². The molecular weight excluding hydrogens is 363 g/mol. The molecule has 0 saturated carbocycles. The quantitative estimate of drug-likeness (QED) is 0.763. The summed E-state index contributed by atoms with van der Waals surface area (Å²) in [6, 6.07) is 4.15. The molecule has 1 aromatic heterocycles. The molecule has 0 fully saturated rings. The van der Waals surface area contributed by atoms with Gasteiger partial charge in [0.1, 0.15) is 5.82 Å². The fourth-order valence-electron chi connectivity index (χ4n) is 2.23. The van der Waals surface area contributed by atoms with Crippen LogP contribution < -0.4 is 4.90 Å². The summed E-state index contributed by atoms with van der Waals surface area (Å²) in [4.78, 5) is 29.1. The zero-order valence-corrected chi connectivity index (χ0v) is 12.8. The van der Waals surface area contributed by atoms with Crippen molar-refractivity contribution in [2.45, 2.75) is 6.54 Å². The van der Waals surface area contributed by atoms with Gasteiger partial charge in [0.15, 0.2) is 0 Å². The number of fused-ring (bicyclic) bond motifs is 1. The summed E-state index contributed by atoms with van der Waals surface area (Å²) in [6.07, 6.45) is 3.13. The fraction of sp³-hybridized carbons (Fsp3) is 0.0714. The lowest BCUT2D eigenvalue weighted by atomic mass is 10.1. The highest BCUT2D eigenvalue weighted by atomic mass is 79.9. The normalized spacial score (nSPS) is 13.8. The van der Waals surface area contributed by atoms with Crippen LogP contribution in [0.4, 0.5) is 10.1 Å². The third-order valence-electron chi connectivity index (χ3n) is 3.12. The van der Waals surface area contributed by atoms with E-state index in [1.54, 1.807) is 18.5 Å². The number of hydrogen-bond acceptors (Lipinski definition) is 3. The third-order valence-corrected chi connectivity index (χ3v) is 3.87. The molecule has 2 heterocycles. The van der Waals surface area contributed by atoms with Crippen LogP contribution in [0.2, 0.25) is 5.02 Å². The molecule has 4 nitrogen and oxygen atoms in total. The average Bonchev–Trinajstić information content (AvgIpc) is 2.69. The lowest BCUT2D eigenvalue weighted by Gasteiger charge is -2.17. The van der Waals surface area contributed by atoms with Crippen LogP contribution in [0.3, 0.4) is 0 Å². The van der Waals surface area contributed by atoms with Gasteiger partial charge < -0.3 is 0 Å². The number of amides is 1. The molecule has 106 valence electrons. The highest BCUT2D eigenvalue weighted by molar-refractivity contribution is 9.10. The number of Topliss-reactive ketones (excluding diaryl/α,β-unsaturated/α-hetero) is 1. The average molecular weight is 370 g/mol. The number of aromatic nitrogens is 1. The minimum absolute atomic E-state index is 0.0429. The van der Waals surface area contributed by atoms with Crippen molar-refractivity contribution in [1.29, 1.82) is 0 Å². The summed E-state index contributed by atoms with van der Waals surface area (Å²) >= 11 is 9.18. The zero-order chi connectivity index (χ0) is 15.1. The Bertz CT molecular complexity index is 782. The number of nitrogens with zero attached hydrogens (tertiary/aromatic N) is 2. The van der Waals surface area contributed by atoms with Crippen LogP contribution in [0.15, 0.2) is 35.1 Å². The summed E-state index contributed by atoms with van der Waals surface area (Å²) in [7, 11) is 0. The van der Waals surface area contributed by atoms with Crippen LogP contribution in [0.1, 0.15) is 15.9 Å². The van der Waals surface area contributed by atoms with E-state index >= 15 is 0 Å². The van der Waals surface area contributed by atoms with Crippen molar-refractivity contribution in [2.75, 3.05) is 4.90 Å². The molecule has 0 unspecified atom stereocenters. The van der Waals surface area contributed by atoms with Gasteiger partial charge in [-0.15, -0.1) is 0 Å². The lowest BCUT2D eigenvalue weighted by molar-refractivity contribution is -0.114. The van der Waals surface area contributed by atoms with E-state index in [-0.39, 0.29) is 22.8 Å². The Balaban J connectivity index is 2.08. The summed E-state index contributed by atoms with van der Waals surface area (Å²) in [5, 5.41) is 0.0691. The maximum absolute atomic E-state index is 14.0. The van der Waals surface area contributed by atoms with Gasteiger partial charge in [-0.05, 0) is 39.7 Å². The molecule has 21 heavy (non-hydrogen) atoms. The Morgan fingerprint density at radius 3 is 2.76 bits per heavy atom. The highest BCUT2D eigenvalue weighted by Gasteiger charge is 2.39. The highest BCUT2D eigenvalue weighted by Crippen LogP contribution is 2.37. The standard InChI is InChI=1S/C14H7BrClFN2O2/c15-8-3-7(4-18-5-8)6-19-12-10(17)2-1-9(16)11(12)13(20)14(19)21/h1-5H,6H2. The number of ketones is 1. The van der Waals surface area contributed by atoms with Gasteiger partial charge >= 0.3 is 0 Å². The summed E-state index contributed by atoms with van der Waals surface area (Å²) in [5.74, 6) is -2.24. The molecule has 1 aliphatic rings. The van der Waals surface area contributed by atoms with Crippen LogP contribution in [0.5, 0.6) is 0 Å². The van der Waals surface area contributed by atoms with Gasteiger partial charge in [-0.25, -0.2) is 4.39 Å². The molecule has 2 aromatic rings. The number of carbonyl (C=O) groups excluding carboxylic acids is 2. The lowest BCUT2D eigenvalue weighted by Crippen LogP contribution is -2.29.